The molecule has 1 heterocycles. The number of hydrogen-bond donors (Lipinski definition) is 0. The Balaban J connectivity index is 0.00000208. The third kappa shape index (κ3) is 3.98. The van der Waals surface area contributed by atoms with E-state index < -0.39 is 0 Å². The third-order valence-electron chi connectivity index (χ3n) is 4.24. The first-order valence-electron chi connectivity index (χ1n) is 7.79. The Morgan fingerprint density at radius 3 is 2.12 bits per heavy atom. The number of Topliss-reactive ketones (excluding diaryl/α,β-unsaturated/α-hetero) is 1. The molecule has 0 spiro atoms. The van der Waals surface area contributed by atoms with Crippen LogP contribution in [0.4, 0.5) is 0 Å². The fourth-order valence-electron chi connectivity index (χ4n) is 2.65. The van der Waals surface area contributed by atoms with E-state index in [0.717, 1.165) is 22.4 Å². The number of pyridine rings is 1. The van der Waals surface area contributed by atoms with Gasteiger partial charge in [0.05, 0.1) is 0 Å². The summed E-state index contributed by atoms with van der Waals surface area (Å²) in [6.45, 7) is 4.48. The average Bonchev–Trinajstić information content (AvgIpc) is 2.60. The minimum absolute atomic E-state index is 0. The summed E-state index contributed by atoms with van der Waals surface area (Å²) < 4.78 is 2.00. The van der Waals surface area contributed by atoms with Crippen LogP contribution < -0.4 is 4.57 Å². The number of carbonyl (C=O) groups excluding carboxylic acids is 1. The van der Waals surface area contributed by atoms with Crippen molar-refractivity contribution in [3.05, 3.63) is 89.7 Å². The molecule has 3 rings (SSSR count). The van der Waals surface area contributed by atoms with E-state index in [0.29, 0.717) is 6.54 Å². The molecule has 1 aromatic heterocycles. The molecule has 0 aliphatic carbocycles. The van der Waals surface area contributed by atoms with Crippen LogP contribution in [0.2, 0.25) is 0 Å². The minimum atomic E-state index is 0. The summed E-state index contributed by atoms with van der Waals surface area (Å²) in [5.74, 6) is 0.128. The number of benzene rings is 2. The van der Waals surface area contributed by atoms with Gasteiger partial charge in [-0.05, 0) is 24.1 Å². The van der Waals surface area contributed by atoms with Crippen molar-refractivity contribution in [2.75, 3.05) is 0 Å². The second kappa shape index (κ2) is 8.02. The van der Waals surface area contributed by atoms with Crippen LogP contribution in [0, 0.1) is 13.8 Å². The van der Waals surface area contributed by atoms with Crippen LogP contribution in [0.3, 0.4) is 0 Å². The Morgan fingerprint density at radius 2 is 1.46 bits per heavy atom. The molecule has 0 unspecified atom stereocenters. The summed E-state index contributed by atoms with van der Waals surface area (Å²) in [6.07, 6.45) is 1.96. The minimum Gasteiger partial charge on any atom is -0.287 e. The molecule has 2 nitrogen and oxygen atoms in total. The molecular weight excluding hydrogens is 362 g/mol. The summed E-state index contributed by atoms with van der Waals surface area (Å²) >= 11 is 0. The average molecular weight is 383 g/mol. The molecule has 3 aromatic rings. The standard InChI is InChI=1S/C21H20NO.BrH/c1-16-7-6-14-22(17(16)2)15-21(23)20-12-10-19(11-13-20)18-8-4-3-5-9-18;/h3-14H,15H2,1-2H3;1H/q+1;. The summed E-state index contributed by atoms with van der Waals surface area (Å²) in [6, 6.07) is 22.1. The van der Waals surface area contributed by atoms with Crippen molar-refractivity contribution < 1.29 is 9.36 Å². The molecule has 2 aromatic carbocycles. The highest BCUT2D eigenvalue weighted by atomic mass is 79.9. The zero-order chi connectivity index (χ0) is 16.2. The SMILES string of the molecule is Br.Cc1ccc[n+](CC(=O)c2ccc(-c3ccccc3)cc2)c1C. The van der Waals surface area contributed by atoms with Gasteiger partial charge in [0.15, 0.2) is 11.9 Å². The molecule has 0 aliphatic heterocycles. The van der Waals surface area contributed by atoms with E-state index in [9.17, 15) is 4.79 Å². The highest BCUT2D eigenvalue weighted by Crippen LogP contribution is 2.19. The Labute approximate surface area is 153 Å². The topological polar surface area (TPSA) is 20.9 Å². The van der Waals surface area contributed by atoms with E-state index in [2.05, 4.69) is 25.1 Å². The molecule has 0 radical (unpaired) electrons. The molecule has 0 N–H and O–H groups in total. The normalized spacial score (nSPS) is 10.1. The van der Waals surface area contributed by atoms with Crippen molar-refractivity contribution in [3.8, 4) is 11.1 Å². The van der Waals surface area contributed by atoms with Crippen molar-refractivity contribution >= 4 is 22.8 Å². The highest BCUT2D eigenvalue weighted by Gasteiger charge is 2.15. The quantitative estimate of drug-likeness (QED) is 0.472. The Hall–Kier alpha value is -2.26. The van der Waals surface area contributed by atoms with Gasteiger partial charge in [0.1, 0.15) is 0 Å². The number of aromatic nitrogens is 1. The molecule has 24 heavy (non-hydrogen) atoms. The van der Waals surface area contributed by atoms with E-state index in [1.165, 1.54) is 5.56 Å². The zero-order valence-electron chi connectivity index (χ0n) is 13.9. The predicted octanol–water partition coefficient (Wildman–Crippen LogP) is 4.72. The van der Waals surface area contributed by atoms with Gasteiger partial charge in [-0.15, -0.1) is 17.0 Å². The molecule has 0 bridgehead atoms. The van der Waals surface area contributed by atoms with E-state index in [4.69, 9.17) is 0 Å². The molecule has 0 amide bonds. The molecule has 0 aliphatic rings. The van der Waals surface area contributed by atoms with Crippen LogP contribution in [0.25, 0.3) is 11.1 Å². The van der Waals surface area contributed by atoms with Crippen molar-refractivity contribution in [2.45, 2.75) is 20.4 Å². The van der Waals surface area contributed by atoms with E-state index in [1.807, 2.05) is 66.2 Å². The van der Waals surface area contributed by atoms with Gasteiger partial charge in [0, 0.05) is 24.1 Å². The van der Waals surface area contributed by atoms with Crippen LogP contribution in [0.1, 0.15) is 21.6 Å². The van der Waals surface area contributed by atoms with Crippen molar-refractivity contribution in [1.29, 1.82) is 0 Å². The fourth-order valence-corrected chi connectivity index (χ4v) is 2.65. The monoisotopic (exact) mass is 382 g/mol. The summed E-state index contributed by atoms with van der Waals surface area (Å²) in [7, 11) is 0. The van der Waals surface area contributed by atoms with Gasteiger partial charge in [-0.3, -0.25) is 4.79 Å². The summed E-state index contributed by atoms with van der Waals surface area (Å²) in [5, 5.41) is 0. The number of hydrogen-bond acceptors (Lipinski definition) is 1. The van der Waals surface area contributed by atoms with E-state index >= 15 is 0 Å². The Kier molecular flexibility index (Phi) is 6.04. The van der Waals surface area contributed by atoms with Crippen LogP contribution in [0.5, 0.6) is 0 Å². The van der Waals surface area contributed by atoms with Gasteiger partial charge >= 0.3 is 0 Å². The molecular formula is C21H21BrNO+. The lowest BCUT2D eigenvalue weighted by molar-refractivity contribution is -0.689. The molecule has 122 valence electrons. The van der Waals surface area contributed by atoms with Gasteiger partial charge in [-0.25, -0.2) is 0 Å². The summed E-state index contributed by atoms with van der Waals surface area (Å²) in [5.41, 5.74) is 5.36. The van der Waals surface area contributed by atoms with E-state index in [-0.39, 0.29) is 22.8 Å². The first-order valence-corrected chi connectivity index (χ1v) is 7.79. The van der Waals surface area contributed by atoms with Gasteiger partial charge in [0.2, 0.25) is 12.3 Å². The largest absolute Gasteiger partial charge is 0.287 e. The lowest BCUT2D eigenvalue weighted by Gasteiger charge is -2.05. The number of ketones is 1. The lowest BCUT2D eigenvalue weighted by atomic mass is 10.0. The van der Waals surface area contributed by atoms with Gasteiger partial charge in [-0.1, -0.05) is 54.6 Å². The van der Waals surface area contributed by atoms with Gasteiger partial charge < -0.3 is 0 Å². The maximum Gasteiger partial charge on any atom is 0.227 e. The number of carbonyl (C=O) groups is 1. The number of nitrogens with zero attached hydrogens (tertiary/aromatic N) is 1. The fraction of sp³-hybridized carbons (Fsp3) is 0.143. The Bertz CT molecular complexity index is 826. The van der Waals surface area contributed by atoms with Crippen molar-refractivity contribution in [3.63, 3.8) is 0 Å². The highest BCUT2D eigenvalue weighted by molar-refractivity contribution is 8.93. The first-order chi connectivity index (χ1) is 11.1. The van der Waals surface area contributed by atoms with Gasteiger partial charge in [0.25, 0.3) is 0 Å². The lowest BCUT2D eigenvalue weighted by Crippen LogP contribution is -2.41. The third-order valence-corrected chi connectivity index (χ3v) is 4.24. The van der Waals surface area contributed by atoms with Crippen molar-refractivity contribution in [1.82, 2.24) is 0 Å². The molecule has 0 saturated carbocycles. The van der Waals surface area contributed by atoms with E-state index in [1.54, 1.807) is 0 Å². The predicted molar refractivity (Wildman–Crippen MR) is 103 cm³/mol. The second-order valence-electron chi connectivity index (χ2n) is 5.77. The van der Waals surface area contributed by atoms with Crippen LogP contribution in [0.15, 0.2) is 72.9 Å². The maximum atomic E-state index is 12.5. The number of halogens is 1. The van der Waals surface area contributed by atoms with Gasteiger partial charge in [-0.2, -0.15) is 4.57 Å². The smallest absolute Gasteiger partial charge is 0.227 e. The molecule has 3 heteroatoms. The molecule has 0 saturated heterocycles. The van der Waals surface area contributed by atoms with Crippen LogP contribution in [-0.2, 0) is 6.54 Å². The van der Waals surface area contributed by atoms with Crippen LogP contribution >= 0.6 is 17.0 Å². The second-order valence-corrected chi connectivity index (χ2v) is 5.77. The summed E-state index contributed by atoms with van der Waals surface area (Å²) in [4.78, 5) is 12.5. The van der Waals surface area contributed by atoms with Crippen molar-refractivity contribution in [2.24, 2.45) is 0 Å². The Morgan fingerprint density at radius 1 is 0.833 bits per heavy atom. The number of aryl methyl sites for hydroxylation is 1. The first kappa shape index (κ1) is 18.1. The maximum absolute atomic E-state index is 12.5. The molecule has 0 atom stereocenters. The number of rotatable bonds is 4. The zero-order valence-corrected chi connectivity index (χ0v) is 15.6. The van der Waals surface area contributed by atoms with Crippen LogP contribution in [-0.4, -0.2) is 5.78 Å². The molecule has 0 fully saturated rings.